The monoisotopic (exact) mass is 360 g/mol. The van der Waals surface area contributed by atoms with Gasteiger partial charge in [-0.3, -0.25) is 9.10 Å². The van der Waals surface area contributed by atoms with Crippen molar-refractivity contribution in [3.05, 3.63) is 23.2 Å². The Hall–Kier alpha value is -1.47. The molecule has 1 aromatic carbocycles. The lowest BCUT2D eigenvalue weighted by Gasteiger charge is -2.31. The third-order valence-corrected chi connectivity index (χ3v) is 5.33. The van der Waals surface area contributed by atoms with Crippen molar-refractivity contribution >= 4 is 33.2 Å². The minimum Gasteiger partial charge on any atom is -0.495 e. The Kier molecular flexibility index (Phi) is 5.41. The second-order valence-corrected chi connectivity index (χ2v) is 7.88. The van der Waals surface area contributed by atoms with Gasteiger partial charge in [-0.1, -0.05) is 11.6 Å². The molecule has 128 valence electrons. The number of anilines is 1. The molecule has 1 atom stereocenters. The van der Waals surface area contributed by atoms with Crippen molar-refractivity contribution < 1.29 is 17.9 Å². The number of ether oxygens (including phenoxy) is 1. The highest BCUT2D eigenvalue weighted by atomic mass is 35.5. The van der Waals surface area contributed by atoms with E-state index in [1.54, 1.807) is 24.0 Å². The maximum atomic E-state index is 12.6. The number of halogens is 1. The Balaban J connectivity index is 2.46. The van der Waals surface area contributed by atoms with Crippen LogP contribution in [0.4, 0.5) is 5.69 Å². The summed E-state index contributed by atoms with van der Waals surface area (Å²) in [5, 5.41) is 0.371. The fraction of sp³-hybridized carbons (Fsp3) is 0.533. The van der Waals surface area contributed by atoms with Gasteiger partial charge in [-0.15, -0.1) is 0 Å². The highest BCUT2D eigenvalue weighted by molar-refractivity contribution is 7.92. The van der Waals surface area contributed by atoms with Crippen molar-refractivity contribution in [1.29, 1.82) is 0 Å². The van der Waals surface area contributed by atoms with Crippen LogP contribution < -0.4 is 9.04 Å². The Morgan fingerprint density at radius 2 is 1.96 bits per heavy atom. The van der Waals surface area contributed by atoms with E-state index in [1.807, 2.05) is 0 Å². The Bertz CT molecular complexity index is 687. The van der Waals surface area contributed by atoms with Gasteiger partial charge in [-0.05, 0) is 38.0 Å². The van der Waals surface area contributed by atoms with Crippen molar-refractivity contribution in [2.75, 3.05) is 30.8 Å². The van der Waals surface area contributed by atoms with E-state index in [1.165, 1.54) is 13.2 Å². The third kappa shape index (κ3) is 3.90. The van der Waals surface area contributed by atoms with E-state index in [-0.39, 0.29) is 11.6 Å². The molecule has 0 N–H and O–H groups in total. The van der Waals surface area contributed by atoms with Crippen LogP contribution in [0.2, 0.25) is 5.02 Å². The zero-order valence-corrected chi connectivity index (χ0v) is 15.0. The molecule has 0 aliphatic carbocycles. The molecule has 1 aliphatic heterocycles. The van der Waals surface area contributed by atoms with Crippen molar-refractivity contribution in [3.63, 3.8) is 0 Å². The van der Waals surface area contributed by atoms with Gasteiger partial charge in [-0.25, -0.2) is 8.42 Å². The second-order valence-electron chi connectivity index (χ2n) is 5.58. The Labute approximate surface area is 142 Å². The molecular weight excluding hydrogens is 340 g/mol. The van der Waals surface area contributed by atoms with Crippen molar-refractivity contribution in [2.24, 2.45) is 0 Å². The van der Waals surface area contributed by atoms with E-state index < -0.39 is 16.1 Å². The van der Waals surface area contributed by atoms with Gasteiger partial charge in [0.05, 0.1) is 19.1 Å². The lowest BCUT2D eigenvalue weighted by atomic mass is 10.2. The predicted octanol–water partition coefficient (Wildman–Crippen LogP) is 2.13. The lowest BCUT2D eigenvalue weighted by Crippen LogP contribution is -2.48. The summed E-state index contributed by atoms with van der Waals surface area (Å²) in [7, 11) is -2.25. The van der Waals surface area contributed by atoms with Crippen molar-refractivity contribution in [1.82, 2.24) is 4.90 Å². The van der Waals surface area contributed by atoms with Crippen molar-refractivity contribution in [2.45, 2.75) is 25.8 Å². The number of sulfonamides is 1. The highest BCUT2D eigenvalue weighted by Crippen LogP contribution is 2.34. The van der Waals surface area contributed by atoms with Crippen molar-refractivity contribution in [3.8, 4) is 5.75 Å². The molecule has 0 saturated carbocycles. The first-order valence-corrected chi connectivity index (χ1v) is 9.60. The first-order chi connectivity index (χ1) is 10.8. The van der Waals surface area contributed by atoms with Gasteiger partial charge in [0.1, 0.15) is 11.8 Å². The fourth-order valence-electron chi connectivity index (χ4n) is 2.81. The zero-order valence-electron chi connectivity index (χ0n) is 13.5. The molecule has 1 heterocycles. The second kappa shape index (κ2) is 6.97. The number of amides is 1. The molecule has 0 unspecified atom stereocenters. The number of hydrogen-bond acceptors (Lipinski definition) is 4. The third-order valence-electron chi connectivity index (χ3n) is 3.86. The van der Waals surface area contributed by atoms with E-state index in [9.17, 15) is 13.2 Å². The summed E-state index contributed by atoms with van der Waals surface area (Å²) < 4.78 is 31.0. The number of carbonyl (C=O) groups is 1. The van der Waals surface area contributed by atoms with Crippen LogP contribution in [0, 0.1) is 0 Å². The zero-order chi connectivity index (χ0) is 17.2. The average molecular weight is 361 g/mol. The number of likely N-dealkylation sites (tertiary alicyclic amines) is 1. The van der Waals surface area contributed by atoms with E-state index in [0.29, 0.717) is 23.9 Å². The topological polar surface area (TPSA) is 66.9 Å². The van der Waals surface area contributed by atoms with Gasteiger partial charge in [0.15, 0.2) is 0 Å². The molecular formula is C15H21ClN2O4S. The summed E-state index contributed by atoms with van der Waals surface area (Å²) in [6.07, 6.45) is 2.96. The van der Waals surface area contributed by atoms with Crippen LogP contribution in [0.25, 0.3) is 0 Å². The van der Waals surface area contributed by atoms with Crippen LogP contribution in [0.15, 0.2) is 18.2 Å². The van der Waals surface area contributed by atoms with Gasteiger partial charge in [-0.2, -0.15) is 0 Å². The summed E-state index contributed by atoms with van der Waals surface area (Å²) in [5.41, 5.74) is 0.266. The summed E-state index contributed by atoms with van der Waals surface area (Å²) >= 11 is 6.01. The average Bonchev–Trinajstić information content (AvgIpc) is 2.99. The van der Waals surface area contributed by atoms with Crippen LogP contribution >= 0.6 is 11.6 Å². The smallest absolute Gasteiger partial charge is 0.246 e. The van der Waals surface area contributed by atoms with Crippen LogP contribution in [-0.2, 0) is 14.8 Å². The number of rotatable bonds is 5. The molecule has 0 bridgehead atoms. The highest BCUT2D eigenvalue weighted by Gasteiger charge is 2.34. The molecule has 1 fully saturated rings. The Morgan fingerprint density at radius 3 is 2.48 bits per heavy atom. The molecule has 1 amide bonds. The summed E-state index contributed by atoms with van der Waals surface area (Å²) in [4.78, 5) is 14.3. The van der Waals surface area contributed by atoms with E-state index >= 15 is 0 Å². The quantitative estimate of drug-likeness (QED) is 0.806. The van der Waals surface area contributed by atoms with E-state index in [2.05, 4.69) is 0 Å². The maximum absolute atomic E-state index is 12.6. The SMILES string of the molecule is COc1ccc(Cl)cc1N([C@@H](C)C(=O)N1CCCC1)S(C)(=O)=O. The normalized spacial score (nSPS) is 16.3. The Morgan fingerprint density at radius 1 is 1.35 bits per heavy atom. The molecule has 1 aromatic rings. The maximum Gasteiger partial charge on any atom is 0.246 e. The molecule has 6 nitrogen and oxygen atoms in total. The van der Waals surface area contributed by atoms with Crippen LogP contribution in [0.3, 0.4) is 0 Å². The molecule has 0 radical (unpaired) electrons. The van der Waals surface area contributed by atoms with E-state index in [0.717, 1.165) is 23.4 Å². The van der Waals surface area contributed by atoms with Gasteiger partial charge in [0, 0.05) is 18.1 Å². The summed E-state index contributed by atoms with van der Waals surface area (Å²) in [5.74, 6) is 0.135. The van der Waals surface area contributed by atoms with E-state index in [4.69, 9.17) is 16.3 Å². The number of carbonyl (C=O) groups excluding carboxylic acids is 1. The summed E-state index contributed by atoms with van der Waals surface area (Å²) in [6.45, 7) is 2.91. The summed E-state index contributed by atoms with van der Waals surface area (Å²) in [6, 6.07) is 3.82. The van der Waals surface area contributed by atoms with Gasteiger partial charge in [0.2, 0.25) is 15.9 Å². The standard InChI is InChI=1S/C15H21ClN2O4S/c1-11(15(19)17-8-4-5-9-17)18(23(3,20)21)13-10-12(16)6-7-14(13)22-2/h6-7,10-11H,4-5,8-9H2,1-3H3/t11-/m0/s1. The number of methoxy groups -OCH3 is 1. The number of hydrogen-bond donors (Lipinski definition) is 0. The fourth-order valence-corrected chi connectivity index (χ4v) is 4.14. The molecule has 1 saturated heterocycles. The van der Waals surface area contributed by atoms with Gasteiger partial charge in [0.25, 0.3) is 0 Å². The van der Waals surface area contributed by atoms with Crippen LogP contribution in [0.5, 0.6) is 5.75 Å². The molecule has 1 aliphatic rings. The minimum atomic E-state index is -3.69. The van der Waals surface area contributed by atoms with Crippen LogP contribution in [0.1, 0.15) is 19.8 Å². The first-order valence-electron chi connectivity index (χ1n) is 7.37. The predicted molar refractivity (Wildman–Crippen MR) is 90.6 cm³/mol. The first kappa shape index (κ1) is 17.9. The van der Waals surface area contributed by atoms with Crippen LogP contribution in [-0.4, -0.2) is 51.7 Å². The minimum absolute atomic E-state index is 0.213. The molecule has 0 spiro atoms. The lowest BCUT2D eigenvalue weighted by molar-refractivity contribution is -0.130. The number of benzene rings is 1. The number of nitrogens with zero attached hydrogens (tertiary/aromatic N) is 2. The molecule has 2 rings (SSSR count). The molecule has 0 aromatic heterocycles. The molecule has 23 heavy (non-hydrogen) atoms. The van der Waals surface area contributed by atoms with Gasteiger partial charge < -0.3 is 9.64 Å². The largest absolute Gasteiger partial charge is 0.495 e. The molecule has 8 heteroatoms. The van der Waals surface area contributed by atoms with Gasteiger partial charge >= 0.3 is 0 Å².